The van der Waals surface area contributed by atoms with Gasteiger partial charge in [0.05, 0.1) is 0 Å². The lowest BCUT2D eigenvalue weighted by Gasteiger charge is -2.45. The number of halogens is 1. The number of hydrogen-bond donors (Lipinski definition) is 0. The van der Waals surface area contributed by atoms with Crippen molar-refractivity contribution in [2.75, 3.05) is 6.54 Å². The number of carbonyl (C=O) groups excluding carboxylic acids is 2. The molecule has 1 saturated carbocycles. The van der Waals surface area contributed by atoms with Crippen LogP contribution in [-0.4, -0.2) is 40.2 Å². The number of ether oxygens (including phenoxy) is 1. The molecule has 2 aromatic rings. The van der Waals surface area contributed by atoms with E-state index >= 15 is 0 Å². The Balaban J connectivity index is 1.32. The lowest BCUT2D eigenvalue weighted by atomic mass is 9.91. The average molecular weight is 408 g/mol. The molecule has 5 nitrogen and oxygen atoms in total. The lowest BCUT2D eigenvalue weighted by Crippen LogP contribution is -2.63. The number of benzene rings is 2. The zero-order valence-corrected chi connectivity index (χ0v) is 16.9. The number of hydrogen-bond acceptors (Lipinski definition) is 3. The fraction of sp³-hybridized carbons (Fsp3) is 0.417. The molecule has 0 aromatic heterocycles. The van der Waals surface area contributed by atoms with E-state index in [0.29, 0.717) is 18.7 Å². The third kappa shape index (κ3) is 3.55. The molecule has 2 amide bonds. The molecule has 2 heterocycles. The summed E-state index contributed by atoms with van der Waals surface area (Å²) in [6.07, 6.45) is 4.84. The van der Waals surface area contributed by atoms with Gasteiger partial charge in [-0.2, -0.15) is 0 Å². The summed E-state index contributed by atoms with van der Waals surface area (Å²) in [5.74, 6) is 0.522. The van der Waals surface area contributed by atoms with E-state index in [9.17, 15) is 14.0 Å². The Bertz CT molecular complexity index is 986. The van der Waals surface area contributed by atoms with Crippen LogP contribution < -0.4 is 4.74 Å². The van der Waals surface area contributed by atoms with Crippen LogP contribution in [0.2, 0.25) is 0 Å². The molecular formula is C24H25FN2O3. The highest BCUT2D eigenvalue weighted by Crippen LogP contribution is 2.33. The van der Waals surface area contributed by atoms with Crippen molar-refractivity contribution in [2.24, 2.45) is 0 Å². The summed E-state index contributed by atoms with van der Waals surface area (Å²) >= 11 is 0. The van der Waals surface area contributed by atoms with Crippen LogP contribution in [0.1, 0.15) is 42.4 Å². The highest BCUT2D eigenvalue weighted by atomic mass is 19.1. The van der Waals surface area contributed by atoms with E-state index in [1.54, 1.807) is 11.0 Å². The Labute approximate surface area is 175 Å². The number of amides is 2. The van der Waals surface area contributed by atoms with Gasteiger partial charge in [-0.05, 0) is 53.8 Å². The van der Waals surface area contributed by atoms with Gasteiger partial charge in [0.25, 0.3) is 0 Å². The minimum atomic E-state index is -0.390. The minimum absolute atomic E-state index is 0.0308. The lowest BCUT2D eigenvalue weighted by molar-refractivity contribution is -0.159. The van der Waals surface area contributed by atoms with Crippen molar-refractivity contribution in [3.05, 3.63) is 65.0 Å². The van der Waals surface area contributed by atoms with Crippen LogP contribution in [0, 0.1) is 5.82 Å². The van der Waals surface area contributed by atoms with Gasteiger partial charge < -0.3 is 14.5 Å². The molecule has 1 saturated heterocycles. The van der Waals surface area contributed by atoms with Crippen molar-refractivity contribution in [3.8, 4) is 5.75 Å². The topological polar surface area (TPSA) is 49.9 Å². The van der Waals surface area contributed by atoms with Gasteiger partial charge in [-0.25, -0.2) is 4.39 Å². The zero-order valence-electron chi connectivity index (χ0n) is 16.9. The second-order valence-corrected chi connectivity index (χ2v) is 8.50. The maximum Gasteiger partial charge on any atom is 0.246 e. The molecule has 2 aliphatic heterocycles. The van der Waals surface area contributed by atoms with Crippen LogP contribution in [0.25, 0.3) is 0 Å². The number of nitrogens with zero attached hydrogens (tertiary/aromatic N) is 2. The Morgan fingerprint density at radius 2 is 1.80 bits per heavy atom. The summed E-state index contributed by atoms with van der Waals surface area (Å²) in [5.41, 5.74) is 2.86. The molecule has 0 spiro atoms. The molecule has 2 aromatic carbocycles. The SMILES string of the molecule is O=C1[C@H]2Cc3ccc(OCc4cccc(F)c4)cc3CN2C(=O)CN1C1CCCC1. The molecule has 1 atom stereocenters. The average Bonchev–Trinajstić information content (AvgIpc) is 3.28. The fourth-order valence-corrected chi connectivity index (χ4v) is 4.96. The van der Waals surface area contributed by atoms with Crippen molar-refractivity contribution in [3.63, 3.8) is 0 Å². The largest absolute Gasteiger partial charge is 0.489 e. The molecule has 1 aliphatic carbocycles. The normalized spacial score (nSPS) is 21.6. The summed E-state index contributed by atoms with van der Waals surface area (Å²) in [7, 11) is 0. The molecule has 6 heteroatoms. The van der Waals surface area contributed by atoms with Crippen LogP contribution >= 0.6 is 0 Å². The third-order valence-electron chi connectivity index (χ3n) is 6.56. The van der Waals surface area contributed by atoms with E-state index in [2.05, 4.69) is 0 Å². The molecule has 2 fully saturated rings. The van der Waals surface area contributed by atoms with Crippen molar-refractivity contribution in [1.29, 1.82) is 0 Å². The number of piperazine rings is 1. The standard InChI is InChI=1S/C24H25FN2O3/c25-19-5-3-4-16(10-19)15-30-21-9-8-17-12-22-24(29)26(20-6-1-2-7-20)14-23(28)27(22)13-18(17)11-21/h3-5,8-11,20,22H,1-2,6-7,12-15H2/t22-/m1/s1. The summed E-state index contributed by atoms with van der Waals surface area (Å²) in [5, 5.41) is 0. The Kier molecular flexibility index (Phi) is 4.93. The summed E-state index contributed by atoms with van der Waals surface area (Å²) in [6.45, 7) is 0.905. The summed E-state index contributed by atoms with van der Waals surface area (Å²) in [6, 6.07) is 12.0. The maximum absolute atomic E-state index is 13.3. The fourth-order valence-electron chi connectivity index (χ4n) is 4.96. The van der Waals surface area contributed by atoms with Crippen molar-refractivity contribution in [2.45, 2.75) is 57.3 Å². The van der Waals surface area contributed by atoms with Crippen LogP contribution in [0.3, 0.4) is 0 Å². The van der Waals surface area contributed by atoms with Crippen molar-refractivity contribution < 1.29 is 18.7 Å². The van der Waals surface area contributed by atoms with Gasteiger partial charge in [-0.15, -0.1) is 0 Å². The number of rotatable bonds is 4. The smallest absolute Gasteiger partial charge is 0.246 e. The maximum atomic E-state index is 13.3. The highest BCUT2D eigenvalue weighted by Gasteiger charge is 2.44. The molecule has 3 aliphatic rings. The van der Waals surface area contributed by atoms with Gasteiger partial charge >= 0.3 is 0 Å². The van der Waals surface area contributed by atoms with E-state index in [-0.39, 0.29) is 36.8 Å². The molecule has 156 valence electrons. The highest BCUT2D eigenvalue weighted by molar-refractivity contribution is 5.95. The van der Waals surface area contributed by atoms with Gasteiger partial charge in [0.1, 0.15) is 30.8 Å². The Hall–Kier alpha value is -2.89. The van der Waals surface area contributed by atoms with Crippen LogP contribution in [0.4, 0.5) is 4.39 Å². The quantitative estimate of drug-likeness (QED) is 0.779. The van der Waals surface area contributed by atoms with E-state index in [1.165, 1.54) is 12.1 Å². The number of carbonyl (C=O) groups is 2. The van der Waals surface area contributed by atoms with Crippen LogP contribution in [0.5, 0.6) is 5.75 Å². The molecule has 5 rings (SSSR count). The third-order valence-corrected chi connectivity index (χ3v) is 6.56. The molecular weight excluding hydrogens is 383 g/mol. The second-order valence-electron chi connectivity index (χ2n) is 8.50. The minimum Gasteiger partial charge on any atom is -0.489 e. The molecule has 0 bridgehead atoms. The first-order valence-corrected chi connectivity index (χ1v) is 10.7. The van der Waals surface area contributed by atoms with Crippen LogP contribution in [-0.2, 0) is 29.2 Å². The van der Waals surface area contributed by atoms with E-state index < -0.39 is 6.04 Å². The van der Waals surface area contributed by atoms with Gasteiger partial charge in [-0.1, -0.05) is 31.0 Å². The first kappa shape index (κ1) is 19.1. The van der Waals surface area contributed by atoms with Gasteiger partial charge in [0.2, 0.25) is 11.8 Å². The monoisotopic (exact) mass is 408 g/mol. The summed E-state index contributed by atoms with van der Waals surface area (Å²) < 4.78 is 19.2. The Morgan fingerprint density at radius 3 is 2.60 bits per heavy atom. The molecule has 0 radical (unpaired) electrons. The summed E-state index contributed by atoms with van der Waals surface area (Å²) in [4.78, 5) is 29.5. The van der Waals surface area contributed by atoms with E-state index in [4.69, 9.17) is 4.74 Å². The van der Waals surface area contributed by atoms with Gasteiger partial charge in [-0.3, -0.25) is 9.59 Å². The van der Waals surface area contributed by atoms with Gasteiger partial charge in [0, 0.05) is 19.0 Å². The van der Waals surface area contributed by atoms with E-state index in [1.807, 2.05) is 29.2 Å². The van der Waals surface area contributed by atoms with Crippen LogP contribution in [0.15, 0.2) is 42.5 Å². The van der Waals surface area contributed by atoms with Crippen molar-refractivity contribution in [1.82, 2.24) is 9.80 Å². The Morgan fingerprint density at radius 1 is 0.967 bits per heavy atom. The molecule has 30 heavy (non-hydrogen) atoms. The predicted molar refractivity (Wildman–Crippen MR) is 109 cm³/mol. The second kappa shape index (κ2) is 7.74. The predicted octanol–water partition coefficient (Wildman–Crippen LogP) is 3.44. The first-order valence-electron chi connectivity index (χ1n) is 10.7. The number of fused-ring (bicyclic) bond motifs is 2. The molecule has 0 unspecified atom stereocenters. The van der Waals surface area contributed by atoms with Gasteiger partial charge in [0.15, 0.2) is 0 Å². The van der Waals surface area contributed by atoms with E-state index in [0.717, 1.165) is 42.4 Å². The first-order chi connectivity index (χ1) is 14.6. The van der Waals surface area contributed by atoms with Crippen molar-refractivity contribution >= 4 is 11.8 Å². The zero-order chi connectivity index (χ0) is 20.7. The molecule has 0 N–H and O–H groups in total.